The predicted octanol–water partition coefficient (Wildman–Crippen LogP) is 4.72. The van der Waals surface area contributed by atoms with Gasteiger partial charge in [-0.25, -0.2) is 9.97 Å². The number of rotatable bonds is 5. The van der Waals surface area contributed by atoms with Crippen molar-refractivity contribution in [2.45, 2.75) is 13.8 Å². The number of carbonyl (C=O) groups is 1. The van der Waals surface area contributed by atoms with E-state index in [9.17, 15) is 4.79 Å². The Morgan fingerprint density at radius 1 is 0.971 bits per heavy atom. The zero-order valence-electron chi connectivity index (χ0n) is 20.4. The Bertz CT molecular complexity index is 1470. The van der Waals surface area contributed by atoms with Crippen molar-refractivity contribution in [1.82, 2.24) is 29.5 Å². The van der Waals surface area contributed by atoms with E-state index in [2.05, 4.69) is 25.5 Å². The number of anilines is 1. The summed E-state index contributed by atoms with van der Waals surface area (Å²) in [4.78, 5) is 21.8. The second-order valence-electron chi connectivity index (χ2n) is 7.58. The maximum absolute atomic E-state index is 12.8. The minimum atomic E-state index is -0.287. The Balaban J connectivity index is 0.00000141. The maximum atomic E-state index is 12.8. The molecule has 0 saturated carbocycles. The monoisotopic (exact) mass is 469 g/mol. The Kier molecular flexibility index (Phi) is 6.86. The molecule has 0 aliphatic heterocycles. The quantitative estimate of drug-likeness (QED) is 0.400. The fourth-order valence-corrected chi connectivity index (χ4v) is 3.77. The number of carbonyl (C=O) groups excluding carboxylic acids is 1. The highest BCUT2D eigenvalue weighted by atomic mass is 16.5. The molecule has 5 aromatic rings. The number of benzene rings is 2. The number of ether oxygens (including phenoxy) is 1. The maximum Gasteiger partial charge on any atom is 0.258 e. The largest absolute Gasteiger partial charge is 0.494 e. The predicted molar refractivity (Wildman–Crippen MR) is 136 cm³/mol. The number of hydrogen-bond acceptors (Lipinski definition) is 6. The number of hydrogen-bond donors (Lipinski definition) is 1. The lowest BCUT2D eigenvalue weighted by atomic mass is 10.0. The summed E-state index contributed by atoms with van der Waals surface area (Å²) in [7, 11) is 5.19. The summed E-state index contributed by atoms with van der Waals surface area (Å²) >= 11 is 0. The molecule has 0 saturated heterocycles. The van der Waals surface area contributed by atoms with Crippen molar-refractivity contribution in [2.24, 2.45) is 14.1 Å². The van der Waals surface area contributed by atoms with E-state index < -0.39 is 0 Å². The fourth-order valence-electron chi connectivity index (χ4n) is 3.77. The van der Waals surface area contributed by atoms with Gasteiger partial charge < -0.3 is 10.1 Å². The topological polar surface area (TPSA) is 99.8 Å². The van der Waals surface area contributed by atoms with Crippen molar-refractivity contribution in [3.8, 4) is 28.3 Å². The lowest BCUT2D eigenvalue weighted by molar-refractivity contribution is 0.102. The van der Waals surface area contributed by atoms with Crippen LogP contribution >= 0.6 is 0 Å². The number of amides is 1. The number of aryl methyl sites for hydroxylation is 2. The summed E-state index contributed by atoms with van der Waals surface area (Å²) in [5.74, 6) is 0.212. The SMILES string of the molecule is CC.COc1cc2ncnc(-c3cn(C)nc3-c3ccccc3)c2cc1NC(=O)c1cnn(C)c1. The molecule has 0 fully saturated rings. The fraction of sp³-hybridized carbons (Fsp3) is 0.192. The second kappa shape index (κ2) is 10.2. The van der Waals surface area contributed by atoms with Gasteiger partial charge in [0.15, 0.2) is 0 Å². The molecule has 0 atom stereocenters. The zero-order chi connectivity index (χ0) is 24.9. The van der Waals surface area contributed by atoms with Gasteiger partial charge in [-0.2, -0.15) is 10.2 Å². The molecule has 0 bridgehead atoms. The minimum absolute atomic E-state index is 0.287. The van der Waals surface area contributed by atoms with Crippen LogP contribution < -0.4 is 10.1 Å². The normalized spacial score (nSPS) is 10.5. The molecule has 0 aliphatic carbocycles. The molecule has 1 N–H and O–H groups in total. The first kappa shape index (κ1) is 23.6. The van der Waals surface area contributed by atoms with E-state index >= 15 is 0 Å². The molecule has 1 amide bonds. The van der Waals surface area contributed by atoms with Crippen LogP contribution in [0, 0.1) is 0 Å². The van der Waals surface area contributed by atoms with Gasteiger partial charge in [0.2, 0.25) is 0 Å². The van der Waals surface area contributed by atoms with Crippen LogP contribution in [0.2, 0.25) is 0 Å². The molecule has 0 unspecified atom stereocenters. The van der Waals surface area contributed by atoms with Crippen molar-refractivity contribution in [1.29, 1.82) is 0 Å². The van der Waals surface area contributed by atoms with Crippen molar-refractivity contribution < 1.29 is 9.53 Å². The van der Waals surface area contributed by atoms with Crippen LogP contribution in [0.1, 0.15) is 24.2 Å². The van der Waals surface area contributed by atoms with Crippen LogP contribution in [0.3, 0.4) is 0 Å². The summed E-state index contributed by atoms with van der Waals surface area (Å²) in [6, 6.07) is 13.6. The first-order valence-electron chi connectivity index (χ1n) is 11.3. The lowest BCUT2D eigenvalue weighted by Gasteiger charge is -2.13. The summed E-state index contributed by atoms with van der Waals surface area (Å²) < 4.78 is 8.87. The summed E-state index contributed by atoms with van der Waals surface area (Å²) in [6.45, 7) is 4.00. The van der Waals surface area contributed by atoms with E-state index in [0.717, 1.165) is 22.2 Å². The van der Waals surface area contributed by atoms with Gasteiger partial charge >= 0.3 is 0 Å². The molecular formula is C26H27N7O2. The van der Waals surface area contributed by atoms with Crippen LogP contribution in [-0.4, -0.2) is 42.5 Å². The Morgan fingerprint density at radius 3 is 2.43 bits per heavy atom. The minimum Gasteiger partial charge on any atom is -0.494 e. The van der Waals surface area contributed by atoms with Gasteiger partial charge in [-0.3, -0.25) is 14.2 Å². The Hall–Kier alpha value is -4.53. The van der Waals surface area contributed by atoms with E-state index in [1.807, 2.05) is 63.5 Å². The van der Waals surface area contributed by atoms with Crippen LogP contribution in [0.5, 0.6) is 5.75 Å². The van der Waals surface area contributed by atoms with Gasteiger partial charge in [0.25, 0.3) is 5.91 Å². The van der Waals surface area contributed by atoms with Crippen molar-refractivity contribution in [3.63, 3.8) is 0 Å². The number of methoxy groups -OCH3 is 1. The molecule has 3 aromatic heterocycles. The molecule has 5 rings (SSSR count). The first-order valence-corrected chi connectivity index (χ1v) is 11.3. The Morgan fingerprint density at radius 2 is 1.74 bits per heavy atom. The van der Waals surface area contributed by atoms with Gasteiger partial charge in [-0.05, 0) is 6.07 Å². The molecule has 3 heterocycles. The molecular weight excluding hydrogens is 442 g/mol. The van der Waals surface area contributed by atoms with E-state index in [4.69, 9.17) is 4.74 Å². The number of fused-ring (bicyclic) bond motifs is 1. The molecule has 178 valence electrons. The number of nitrogens with zero attached hydrogens (tertiary/aromatic N) is 6. The van der Waals surface area contributed by atoms with Crippen molar-refractivity contribution in [2.75, 3.05) is 12.4 Å². The van der Waals surface area contributed by atoms with E-state index in [0.29, 0.717) is 28.2 Å². The van der Waals surface area contributed by atoms with Crippen LogP contribution in [0.4, 0.5) is 5.69 Å². The molecule has 35 heavy (non-hydrogen) atoms. The number of aromatic nitrogens is 6. The molecule has 9 heteroatoms. The van der Waals surface area contributed by atoms with Crippen molar-refractivity contribution >= 4 is 22.5 Å². The standard InChI is InChI=1S/C24H21N7O2.C2H6/c1-30-12-16(11-27-30)24(32)28-20-9-17-19(10-21(20)33-3)25-14-26-23(17)18-13-31(2)29-22(18)15-7-5-4-6-8-15;1-2/h4-14H,1-3H3,(H,28,32);1-2H3. The average Bonchev–Trinajstić information content (AvgIpc) is 3.50. The molecule has 0 aliphatic rings. The number of nitrogens with one attached hydrogen (secondary N) is 1. The van der Waals surface area contributed by atoms with E-state index in [1.165, 1.54) is 12.5 Å². The zero-order valence-corrected chi connectivity index (χ0v) is 20.4. The van der Waals surface area contributed by atoms with E-state index in [-0.39, 0.29) is 5.91 Å². The van der Waals surface area contributed by atoms with E-state index in [1.54, 1.807) is 35.8 Å². The van der Waals surface area contributed by atoms with Gasteiger partial charge in [-0.15, -0.1) is 0 Å². The summed E-state index contributed by atoms with van der Waals surface area (Å²) in [5, 5.41) is 12.4. The summed E-state index contributed by atoms with van der Waals surface area (Å²) in [5.41, 5.74) is 5.03. The lowest BCUT2D eigenvalue weighted by Crippen LogP contribution is -2.12. The van der Waals surface area contributed by atoms with Gasteiger partial charge in [0, 0.05) is 49.1 Å². The third-order valence-corrected chi connectivity index (χ3v) is 5.30. The van der Waals surface area contributed by atoms with Crippen LogP contribution in [0.25, 0.3) is 33.4 Å². The highest BCUT2D eigenvalue weighted by Crippen LogP contribution is 2.37. The second-order valence-corrected chi connectivity index (χ2v) is 7.58. The molecule has 9 nitrogen and oxygen atoms in total. The third kappa shape index (κ3) is 4.74. The highest BCUT2D eigenvalue weighted by Gasteiger charge is 2.19. The third-order valence-electron chi connectivity index (χ3n) is 5.30. The van der Waals surface area contributed by atoms with Crippen LogP contribution in [-0.2, 0) is 14.1 Å². The molecule has 0 radical (unpaired) electrons. The van der Waals surface area contributed by atoms with Crippen molar-refractivity contribution in [3.05, 3.63) is 72.9 Å². The molecule has 0 spiro atoms. The first-order chi connectivity index (χ1) is 17.0. The summed E-state index contributed by atoms with van der Waals surface area (Å²) in [6.07, 6.45) is 6.62. The Labute approximate surface area is 203 Å². The van der Waals surface area contributed by atoms with Crippen LogP contribution in [0.15, 0.2) is 67.4 Å². The highest BCUT2D eigenvalue weighted by molar-refractivity contribution is 6.07. The molecule has 2 aromatic carbocycles. The smallest absolute Gasteiger partial charge is 0.258 e. The average molecular weight is 470 g/mol. The van der Waals surface area contributed by atoms with Gasteiger partial charge in [0.1, 0.15) is 17.8 Å². The van der Waals surface area contributed by atoms with Gasteiger partial charge in [-0.1, -0.05) is 44.2 Å². The van der Waals surface area contributed by atoms with Gasteiger partial charge in [0.05, 0.1) is 35.8 Å².